The maximum absolute atomic E-state index is 13.1. The van der Waals surface area contributed by atoms with Crippen molar-refractivity contribution < 1.29 is 9.59 Å². The highest BCUT2D eigenvalue weighted by atomic mass is 16.2. The number of carbonyl (C=O) groups is 2. The molecule has 1 aromatic carbocycles. The van der Waals surface area contributed by atoms with Gasteiger partial charge in [-0.1, -0.05) is 56.7 Å². The molecular formula is C24H32N2O2. The first kappa shape index (κ1) is 21.8. The molecule has 0 saturated heterocycles. The third-order valence-corrected chi connectivity index (χ3v) is 5.09. The second-order valence-electron chi connectivity index (χ2n) is 7.99. The number of ketones is 1. The van der Waals surface area contributed by atoms with E-state index in [2.05, 4.69) is 31.0 Å². The van der Waals surface area contributed by atoms with E-state index in [4.69, 9.17) is 0 Å². The second-order valence-corrected chi connectivity index (χ2v) is 7.99. The molecule has 0 heterocycles. The maximum Gasteiger partial charge on any atom is 0.259 e. The average molecular weight is 381 g/mol. The summed E-state index contributed by atoms with van der Waals surface area (Å²) in [5.74, 6) is -0.217. The van der Waals surface area contributed by atoms with Gasteiger partial charge in [-0.2, -0.15) is 0 Å². The fraction of sp³-hybridized carbons (Fsp3) is 0.417. The Balaban J connectivity index is 2.13. The van der Waals surface area contributed by atoms with Gasteiger partial charge >= 0.3 is 0 Å². The number of hydrogen-bond donors (Lipinski definition) is 1. The van der Waals surface area contributed by atoms with E-state index in [1.54, 1.807) is 6.08 Å². The van der Waals surface area contributed by atoms with E-state index in [1.807, 2.05) is 63.5 Å². The number of amides is 1. The summed E-state index contributed by atoms with van der Waals surface area (Å²) in [5.41, 5.74) is 3.16. The van der Waals surface area contributed by atoms with Crippen molar-refractivity contribution >= 4 is 17.4 Å². The summed E-state index contributed by atoms with van der Waals surface area (Å²) in [4.78, 5) is 27.9. The molecule has 2 atom stereocenters. The molecule has 1 aromatic rings. The zero-order chi connectivity index (χ0) is 20.8. The fourth-order valence-electron chi connectivity index (χ4n) is 3.62. The molecule has 1 aliphatic rings. The van der Waals surface area contributed by atoms with Gasteiger partial charge in [0.15, 0.2) is 5.78 Å². The van der Waals surface area contributed by atoms with Crippen molar-refractivity contribution in [3.05, 3.63) is 65.3 Å². The molecule has 0 fully saturated rings. The summed E-state index contributed by atoms with van der Waals surface area (Å²) in [6.45, 7) is 9.18. The number of allylic oxidation sites excluding steroid dienone is 4. The number of carbonyl (C=O) groups excluding carboxylic acids is 2. The number of nitrogens with one attached hydrogen (secondary N) is 1. The highest BCUT2D eigenvalue weighted by Gasteiger charge is 2.31. The van der Waals surface area contributed by atoms with Crippen molar-refractivity contribution in [1.29, 1.82) is 0 Å². The molecule has 28 heavy (non-hydrogen) atoms. The Hall–Kier alpha value is -2.46. The first-order valence-electron chi connectivity index (χ1n) is 9.89. The first-order chi connectivity index (χ1) is 13.2. The Morgan fingerprint density at radius 3 is 2.36 bits per heavy atom. The SMILES string of the molecule is CC=C(C(C)CN(C)C)C1C=CC=C(C(=O)Nc2ccc(C(C)C)cc2)C1=O. The Morgan fingerprint density at radius 2 is 1.82 bits per heavy atom. The number of nitrogens with zero attached hydrogens (tertiary/aromatic N) is 1. The van der Waals surface area contributed by atoms with Gasteiger partial charge in [0.2, 0.25) is 0 Å². The van der Waals surface area contributed by atoms with Gasteiger partial charge in [0.05, 0.1) is 11.5 Å². The number of Topliss-reactive ketones (excluding diaryl/α,β-unsaturated/α-hetero) is 1. The maximum atomic E-state index is 13.1. The normalized spacial score (nSPS) is 18.4. The summed E-state index contributed by atoms with van der Waals surface area (Å²) in [5, 5.41) is 2.86. The second kappa shape index (κ2) is 9.65. The zero-order valence-electron chi connectivity index (χ0n) is 17.8. The van der Waals surface area contributed by atoms with Gasteiger partial charge in [0.1, 0.15) is 0 Å². The highest BCUT2D eigenvalue weighted by molar-refractivity contribution is 6.25. The molecule has 0 spiro atoms. The molecule has 1 N–H and O–H groups in total. The number of hydrogen-bond acceptors (Lipinski definition) is 3. The molecule has 0 aromatic heterocycles. The predicted octanol–water partition coefficient (Wildman–Crippen LogP) is 4.57. The largest absolute Gasteiger partial charge is 0.322 e. The zero-order valence-corrected chi connectivity index (χ0v) is 17.8. The van der Waals surface area contributed by atoms with Crippen molar-refractivity contribution in [2.45, 2.75) is 33.6 Å². The molecule has 0 saturated carbocycles. The standard InChI is InChI=1S/C24H32N2O2/c1-7-20(17(4)15-26(5)6)21-9-8-10-22(23(21)27)24(28)25-19-13-11-18(12-14-19)16(2)3/h7-14,16-17,21H,15H2,1-6H3,(H,25,28). The number of anilines is 1. The Labute approximate surface area is 169 Å². The van der Waals surface area contributed by atoms with Gasteiger partial charge < -0.3 is 10.2 Å². The quantitative estimate of drug-likeness (QED) is 0.557. The summed E-state index contributed by atoms with van der Waals surface area (Å²) in [7, 11) is 4.04. The lowest BCUT2D eigenvalue weighted by atomic mass is 9.80. The molecule has 0 aliphatic heterocycles. The summed E-state index contributed by atoms with van der Waals surface area (Å²) >= 11 is 0. The van der Waals surface area contributed by atoms with E-state index >= 15 is 0 Å². The minimum Gasteiger partial charge on any atom is -0.322 e. The Kier molecular flexibility index (Phi) is 7.53. The van der Waals surface area contributed by atoms with Gasteiger partial charge in [0.25, 0.3) is 5.91 Å². The third kappa shape index (κ3) is 5.29. The molecule has 2 unspecified atom stereocenters. The van der Waals surface area contributed by atoms with E-state index in [0.717, 1.165) is 12.1 Å². The van der Waals surface area contributed by atoms with Gasteiger partial charge in [-0.25, -0.2) is 0 Å². The van der Waals surface area contributed by atoms with Crippen LogP contribution in [0.5, 0.6) is 0 Å². The molecule has 0 bridgehead atoms. The number of rotatable bonds is 7. The van der Waals surface area contributed by atoms with Crippen molar-refractivity contribution in [3.63, 3.8) is 0 Å². The van der Waals surface area contributed by atoms with Gasteiger partial charge in [0, 0.05) is 12.2 Å². The van der Waals surface area contributed by atoms with Crippen LogP contribution in [0, 0.1) is 11.8 Å². The molecule has 4 nitrogen and oxygen atoms in total. The molecular weight excluding hydrogens is 348 g/mol. The van der Waals surface area contributed by atoms with Crippen LogP contribution in [0.3, 0.4) is 0 Å². The van der Waals surface area contributed by atoms with Crippen LogP contribution >= 0.6 is 0 Å². The van der Waals surface area contributed by atoms with Gasteiger partial charge in [-0.15, -0.1) is 0 Å². The minimum absolute atomic E-state index is 0.141. The van der Waals surface area contributed by atoms with Crippen molar-refractivity contribution in [3.8, 4) is 0 Å². The summed E-state index contributed by atoms with van der Waals surface area (Å²) in [6.07, 6.45) is 7.32. The van der Waals surface area contributed by atoms with Crippen LogP contribution in [0.1, 0.15) is 39.2 Å². The van der Waals surface area contributed by atoms with Gasteiger partial charge in [-0.05, 0) is 56.6 Å². The number of benzene rings is 1. The van der Waals surface area contributed by atoms with Crippen LogP contribution in [0.2, 0.25) is 0 Å². The topological polar surface area (TPSA) is 49.4 Å². The molecule has 1 aliphatic carbocycles. The smallest absolute Gasteiger partial charge is 0.259 e. The summed E-state index contributed by atoms with van der Waals surface area (Å²) < 4.78 is 0. The van der Waals surface area contributed by atoms with E-state index in [1.165, 1.54) is 5.56 Å². The van der Waals surface area contributed by atoms with Gasteiger partial charge in [-0.3, -0.25) is 9.59 Å². The Bertz CT molecular complexity index is 798. The van der Waals surface area contributed by atoms with Crippen LogP contribution in [0.15, 0.2) is 59.7 Å². The molecule has 150 valence electrons. The van der Waals surface area contributed by atoms with Crippen molar-refractivity contribution in [2.24, 2.45) is 11.8 Å². The van der Waals surface area contributed by atoms with E-state index in [9.17, 15) is 9.59 Å². The molecule has 1 amide bonds. The van der Waals surface area contributed by atoms with Crippen LogP contribution in [-0.2, 0) is 9.59 Å². The van der Waals surface area contributed by atoms with Crippen LogP contribution in [-0.4, -0.2) is 37.2 Å². The average Bonchev–Trinajstić information content (AvgIpc) is 2.63. The first-order valence-corrected chi connectivity index (χ1v) is 9.89. The van der Waals surface area contributed by atoms with E-state index in [-0.39, 0.29) is 29.1 Å². The van der Waals surface area contributed by atoms with Crippen LogP contribution < -0.4 is 5.32 Å². The third-order valence-electron chi connectivity index (χ3n) is 5.09. The van der Waals surface area contributed by atoms with Crippen molar-refractivity contribution in [1.82, 2.24) is 4.90 Å². The van der Waals surface area contributed by atoms with Crippen LogP contribution in [0.25, 0.3) is 0 Å². The molecule has 2 rings (SSSR count). The van der Waals surface area contributed by atoms with Crippen LogP contribution in [0.4, 0.5) is 5.69 Å². The monoisotopic (exact) mass is 380 g/mol. The predicted molar refractivity (Wildman–Crippen MR) is 116 cm³/mol. The minimum atomic E-state index is -0.381. The van der Waals surface area contributed by atoms with E-state index < -0.39 is 0 Å². The lowest BCUT2D eigenvalue weighted by Crippen LogP contribution is -2.31. The lowest BCUT2D eigenvalue weighted by molar-refractivity contribution is -0.121. The van der Waals surface area contributed by atoms with E-state index in [0.29, 0.717) is 11.6 Å². The fourth-order valence-corrected chi connectivity index (χ4v) is 3.62. The summed E-state index contributed by atoms with van der Waals surface area (Å²) in [6, 6.07) is 7.76. The Morgan fingerprint density at radius 1 is 1.18 bits per heavy atom. The van der Waals surface area contributed by atoms with Crippen molar-refractivity contribution in [2.75, 3.05) is 26.0 Å². The molecule has 0 radical (unpaired) electrons. The molecule has 4 heteroatoms. The highest BCUT2D eigenvalue weighted by Crippen LogP contribution is 2.28. The lowest BCUT2D eigenvalue weighted by Gasteiger charge is -2.26.